The largest absolute Gasteiger partial charge is 0.395 e. The number of hydrogen-bond acceptors (Lipinski definition) is 4. The van der Waals surface area contributed by atoms with Gasteiger partial charge in [0.2, 0.25) is 11.8 Å². The Morgan fingerprint density at radius 1 is 1.14 bits per heavy atom. The van der Waals surface area contributed by atoms with Crippen molar-refractivity contribution in [1.82, 2.24) is 4.90 Å². The van der Waals surface area contributed by atoms with E-state index in [-0.39, 0.29) is 12.5 Å². The number of aliphatic hydroxyl groups is 1. The molecule has 122 valence electrons. The van der Waals surface area contributed by atoms with Crippen molar-refractivity contribution < 1.29 is 14.7 Å². The number of carbonyl (C=O) groups is 2. The Morgan fingerprint density at radius 2 is 1.82 bits per heavy atom. The van der Waals surface area contributed by atoms with Gasteiger partial charge in [-0.25, -0.2) is 0 Å². The molecule has 22 heavy (non-hydrogen) atoms. The first kappa shape index (κ1) is 18.1. The Balaban J connectivity index is 2.19. The predicted molar refractivity (Wildman–Crippen MR) is 86.6 cm³/mol. The standard InChI is InChI=1S/C16H25N3O3/c1-19(11-12-20)10-4-2-3-5-15(21)18-14-8-6-13(7-9-14)16(17)22/h6-9,20H,2-5,10-12H2,1H3,(H2,17,22)(H,18,21). The number of anilines is 1. The SMILES string of the molecule is CN(CCO)CCCCCC(=O)Nc1ccc(C(N)=O)cc1. The fourth-order valence-electron chi connectivity index (χ4n) is 2.07. The van der Waals surface area contributed by atoms with Gasteiger partial charge in [-0.2, -0.15) is 0 Å². The van der Waals surface area contributed by atoms with Gasteiger partial charge >= 0.3 is 0 Å². The maximum absolute atomic E-state index is 11.8. The fraction of sp³-hybridized carbons (Fsp3) is 0.500. The van der Waals surface area contributed by atoms with Crippen LogP contribution in [0.25, 0.3) is 0 Å². The molecule has 1 rings (SSSR count). The third-order valence-electron chi connectivity index (χ3n) is 3.38. The Bertz CT molecular complexity index is 474. The average Bonchev–Trinajstić information content (AvgIpc) is 2.47. The minimum atomic E-state index is -0.482. The van der Waals surface area contributed by atoms with E-state index in [9.17, 15) is 9.59 Å². The highest BCUT2D eigenvalue weighted by Gasteiger charge is 2.04. The minimum Gasteiger partial charge on any atom is -0.395 e. The number of benzene rings is 1. The number of likely N-dealkylation sites (N-methyl/N-ethyl adjacent to an activating group) is 1. The first-order chi connectivity index (χ1) is 10.5. The zero-order valence-electron chi connectivity index (χ0n) is 13.0. The summed E-state index contributed by atoms with van der Waals surface area (Å²) in [4.78, 5) is 24.8. The van der Waals surface area contributed by atoms with E-state index in [0.29, 0.717) is 24.2 Å². The predicted octanol–water partition coefficient (Wildman–Crippen LogP) is 1.21. The molecule has 0 aliphatic heterocycles. The highest BCUT2D eigenvalue weighted by atomic mass is 16.3. The Kier molecular flexibility index (Phi) is 8.17. The van der Waals surface area contributed by atoms with Crippen LogP contribution < -0.4 is 11.1 Å². The van der Waals surface area contributed by atoms with E-state index in [4.69, 9.17) is 10.8 Å². The van der Waals surface area contributed by atoms with Gasteiger partial charge in [-0.15, -0.1) is 0 Å². The van der Waals surface area contributed by atoms with Gasteiger partial charge < -0.3 is 21.1 Å². The Morgan fingerprint density at radius 3 is 2.41 bits per heavy atom. The van der Waals surface area contributed by atoms with Gasteiger partial charge in [0.05, 0.1) is 6.61 Å². The number of carbonyl (C=O) groups excluding carboxylic acids is 2. The first-order valence-electron chi connectivity index (χ1n) is 7.52. The van der Waals surface area contributed by atoms with Crippen molar-refractivity contribution in [2.24, 2.45) is 5.73 Å². The molecule has 1 aromatic rings. The highest BCUT2D eigenvalue weighted by molar-refractivity contribution is 5.94. The fourth-order valence-corrected chi connectivity index (χ4v) is 2.07. The van der Waals surface area contributed by atoms with Gasteiger partial charge in [0.1, 0.15) is 0 Å². The summed E-state index contributed by atoms with van der Waals surface area (Å²) in [6.07, 6.45) is 3.29. The van der Waals surface area contributed by atoms with Crippen molar-refractivity contribution in [2.45, 2.75) is 25.7 Å². The van der Waals surface area contributed by atoms with Gasteiger partial charge in [-0.3, -0.25) is 9.59 Å². The van der Waals surface area contributed by atoms with Crippen LogP contribution in [0.3, 0.4) is 0 Å². The molecule has 0 aliphatic rings. The lowest BCUT2D eigenvalue weighted by Gasteiger charge is -2.14. The second-order valence-electron chi connectivity index (χ2n) is 5.33. The maximum atomic E-state index is 11.8. The molecular formula is C16H25N3O3. The number of nitrogens with zero attached hydrogens (tertiary/aromatic N) is 1. The normalized spacial score (nSPS) is 10.7. The number of amides is 2. The summed E-state index contributed by atoms with van der Waals surface area (Å²) in [5.41, 5.74) is 6.24. The zero-order chi connectivity index (χ0) is 16.4. The van der Waals surface area contributed by atoms with Crippen molar-refractivity contribution in [3.63, 3.8) is 0 Å². The summed E-state index contributed by atoms with van der Waals surface area (Å²) in [5, 5.41) is 11.6. The van der Waals surface area contributed by atoms with Crippen molar-refractivity contribution in [2.75, 3.05) is 32.1 Å². The quantitative estimate of drug-likeness (QED) is 0.566. The van der Waals surface area contributed by atoms with E-state index in [1.54, 1.807) is 24.3 Å². The highest BCUT2D eigenvalue weighted by Crippen LogP contribution is 2.10. The molecule has 0 bridgehead atoms. The van der Waals surface area contributed by atoms with Crippen molar-refractivity contribution in [3.8, 4) is 0 Å². The van der Waals surface area contributed by atoms with Gasteiger partial charge in [0.15, 0.2) is 0 Å². The first-order valence-corrected chi connectivity index (χ1v) is 7.52. The number of nitrogens with one attached hydrogen (secondary N) is 1. The molecule has 0 atom stereocenters. The smallest absolute Gasteiger partial charge is 0.248 e. The van der Waals surface area contributed by atoms with Crippen LogP contribution in [0.15, 0.2) is 24.3 Å². The van der Waals surface area contributed by atoms with Crippen LogP contribution in [0.4, 0.5) is 5.69 Å². The molecule has 0 fully saturated rings. The summed E-state index contributed by atoms with van der Waals surface area (Å²) in [6, 6.07) is 6.52. The number of rotatable bonds is 10. The summed E-state index contributed by atoms with van der Waals surface area (Å²) in [7, 11) is 1.97. The lowest BCUT2D eigenvalue weighted by molar-refractivity contribution is -0.116. The monoisotopic (exact) mass is 307 g/mol. The molecule has 0 unspecified atom stereocenters. The molecule has 0 saturated carbocycles. The zero-order valence-corrected chi connectivity index (χ0v) is 13.0. The van der Waals surface area contributed by atoms with E-state index in [0.717, 1.165) is 25.8 Å². The van der Waals surface area contributed by atoms with Crippen LogP contribution in [0, 0.1) is 0 Å². The molecule has 0 radical (unpaired) electrons. The minimum absolute atomic E-state index is 0.0319. The molecule has 2 amide bonds. The second kappa shape index (κ2) is 9.92. The number of hydrogen-bond donors (Lipinski definition) is 3. The molecule has 0 aromatic heterocycles. The van der Waals surface area contributed by atoms with Crippen molar-refractivity contribution in [3.05, 3.63) is 29.8 Å². The summed E-state index contributed by atoms with van der Waals surface area (Å²) in [5.74, 6) is -0.514. The third kappa shape index (κ3) is 7.19. The van der Waals surface area contributed by atoms with Crippen LogP contribution in [-0.2, 0) is 4.79 Å². The van der Waals surface area contributed by atoms with E-state index in [2.05, 4.69) is 10.2 Å². The van der Waals surface area contributed by atoms with Gasteiger partial charge in [0.25, 0.3) is 0 Å². The lowest BCUT2D eigenvalue weighted by atomic mass is 10.1. The number of primary amides is 1. The molecule has 0 aliphatic carbocycles. The molecule has 1 aromatic carbocycles. The third-order valence-corrected chi connectivity index (χ3v) is 3.38. The van der Waals surface area contributed by atoms with Crippen LogP contribution >= 0.6 is 0 Å². The molecule has 4 N–H and O–H groups in total. The van der Waals surface area contributed by atoms with Crippen LogP contribution in [0.5, 0.6) is 0 Å². The number of nitrogens with two attached hydrogens (primary N) is 1. The van der Waals surface area contributed by atoms with Gasteiger partial charge in [-0.1, -0.05) is 6.42 Å². The van der Waals surface area contributed by atoms with Crippen molar-refractivity contribution in [1.29, 1.82) is 0 Å². The average molecular weight is 307 g/mol. The molecule has 0 spiro atoms. The van der Waals surface area contributed by atoms with Gasteiger partial charge in [-0.05, 0) is 50.7 Å². The van der Waals surface area contributed by atoms with Crippen LogP contribution in [-0.4, -0.2) is 48.6 Å². The van der Waals surface area contributed by atoms with E-state index in [1.165, 1.54) is 0 Å². The van der Waals surface area contributed by atoms with Crippen LogP contribution in [0.2, 0.25) is 0 Å². The Hall–Kier alpha value is -1.92. The van der Waals surface area contributed by atoms with Gasteiger partial charge in [0, 0.05) is 24.2 Å². The van der Waals surface area contributed by atoms with Crippen molar-refractivity contribution >= 4 is 17.5 Å². The number of aliphatic hydroxyl groups excluding tert-OH is 1. The maximum Gasteiger partial charge on any atom is 0.248 e. The molecule has 0 heterocycles. The molecule has 6 nitrogen and oxygen atoms in total. The lowest BCUT2D eigenvalue weighted by Crippen LogP contribution is -2.23. The second-order valence-corrected chi connectivity index (χ2v) is 5.33. The topological polar surface area (TPSA) is 95.7 Å². The molecule has 6 heteroatoms. The molecule has 0 saturated heterocycles. The summed E-state index contributed by atoms with van der Waals surface area (Å²) in [6.45, 7) is 1.78. The molecular weight excluding hydrogens is 282 g/mol. The van der Waals surface area contributed by atoms with E-state index < -0.39 is 5.91 Å². The Labute approximate surface area is 131 Å². The number of unbranched alkanes of at least 4 members (excludes halogenated alkanes) is 2. The summed E-state index contributed by atoms with van der Waals surface area (Å²) >= 11 is 0. The van der Waals surface area contributed by atoms with E-state index in [1.807, 2.05) is 7.05 Å². The van der Waals surface area contributed by atoms with Crippen LogP contribution in [0.1, 0.15) is 36.0 Å². The van der Waals surface area contributed by atoms with E-state index >= 15 is 0 Å². The summed E-state index contributed by atoms with van der Waals surface area (Å²) < 4.78 is 0.